The van der Waals surface area contributed by atoms with Crippen LogP contribution in [0.25, 0.3) is 0 Å². The molecule has 2 aromatic carbocycles. The van der Waals surface area contributed by atoms with E-state index in [-0.39, 0.29) is 15.7 Å². The third-order valence-electron chi connectivity index (χ3n) is 5.31. The van der Waals surface area contributed by atoms with Gasteiger partial charge in [0, 0.05) is 16.1 Å². The highest BCUT2D eigenvalue weighted by molar-refractivity contribution is 7.48. The van der Waals surface area contributed by atoms with Crippen LogP contribution in [-0.2, 0) is 39.5 Å². The molecule has 0 spiro atoms. The Kier molecular flexibility index (Phi) is 8.95. The minimum atomic E-state index is -4.90. The number of fused-ring (bicyclic) bond motifs is 1. The molecule has 1 heterocycles. The van der Waals surface area contributed by atoms with Crippen molar-refractivity contribution in [3.05, 3.63) is 58.1 Å². The molecule has 15 heteroatoms. The lowest BCUT2D eigenvalue weighted by Gasteiger charge is -2.30. The number of nitrogens with zero attached hydrogens (tertiary/aromatic N) is 1. The number of halogens is 5. The van der Waals surface area contributed by atoms with Gasteiger partial charge in [-0.3, -0.25) is 13.8 Å². The summed E-state index contributed by atoms with van der Waals surface area (Å²) in [7, 11) is -3.20. The number of methoxy groups -OCH3 is 1. The summed E-state index contributed by atoms with van der Waals surface area (Å²) >= 11 is 6.02. The largest absolute Gasteiger partial charge is 0.496 e. The normalized spacial score (nSPS) is 18.0. The second kappa shape index (κ2) is 11.2. The summed E-state index contributed by atoms with van der Waals surface area (Å²) in [6, 6.07) is 5.40. The van der Waals surface area contributed by atoms with Gasteiger partial charge in [0.15, 0.2) is 0 Å². The molecule has 1 atom stereocenters. The van der Waals surface area contributed by atoms with Gasteiger partial charge in [0.2, 0.25) is 12.5 Å². The molecule has 0 aliphatic carbocycles. The number of anilines is 1. The number of amides is 2. The van der Waals surface area contributed by atoms with E-state index in [0.29, 0.717) is 12.1 Å². The number of rotatable bonds is 7. The smallest absolute Gasteiger partial charge is 0.478 e. The van der Waals surface area contributed by atoms with Gasteiger partial charge in [0.25, 0.3) is 5.91 Å². The maximum atomic E-state index is 16.8. The molecule has 1 aliphatic heterocycles. The second-order valence-electron chi connectivity index (χ2n) is 10.9. The van der Waals surface area contributed by atoms with Crippen LogP contribution in [0.3, 0.4) is 0 Å². The van der Waals surface area contributed by atoms with Gasteiger partial charge in [0.05, 0.1) is 29.6 Å². The van der Waals surface area contributed by atoms with Crippen LogP contribution >= 0.6 is 19.4 Å². The molecule has 226 valence electrons. The Morgan fingerprint density at radius 3 is 2.07 bits per heavy atom. The van der Waals surface area contributed by atoms with Gasteiger partial charge in [-0.05, 0) is 71.9 Å². The lowest BCUT2D eigenvalue weighted by Crippen LogP contribution is -2.42. The highest BCUT2D eigenvalue weighted by Gasteiger charge is 2.58. The monoisotopic (exact) mass is 625 g/mol. The van der Waals surface area contributed by atoms with Crippen LogP contribution < -0.4 is 9.64 Å². The third kappa shape index (κ3) is 7.21. The summed E-state index contributed by atoms with van der Waals surface area (Å²) in [5, 5.41) is -0.0121. The highest BCUT2D eigenvalue weighted by Crippen LogP contribution is 2.56. The summed E-state index contributed by atoms with van der Waals surface area (Å²) in [4.78, 5) is 26.7. The molecule has 0 N–H and O–H groups in total. The fourth-order valence-corrected chi connectivity index (χ4v) is 5.74. The van der Waals surface area contributed by atoms with Crippen molar-refractivity contribution >= 4 is 37.1 Å². The van der Waals surface area contributed by atoms with Crippen LogP contribution in [-0.4, -0.2) is 37.1 Å². The van der Waals surface area contributed by atoms with E-state index in [1.54, 1.807) is 41.5 Å². The van der Waals surface area contributed by atoms with E-state index in [9.17, 15) is 27.3 Å². The minimum Gasteiger partial charge on any atom is -0.496 e. The number of hydrogen-bond donors (Lipinski definition) is 0. The molecule has 3 rings (SSSR count). The Balaban J connectivity index is 2.02. The van der Waals surface area contributed by atoms with Crippen LogP contribution in [0, 0.1) is 0 Å². The standard InChI is InChI=1S/C26H29ClF4NO8P/c1-23(2,3)39-41(35,40-24(4,5)6)38-14-37-22(34)32-19-12-15(26(29,30)31)8-10-17(19)25(28,21(32)33)18-13-16(27)9-11-20(18)36-7/h8-13H,14H2,1-7H3. The average molecular weight is 626 g/mol. The van der Waals surface area contributed by atoms with Crippen LogP contribution in [0.15, 0.2) is 36.4 Å². The van der Waals surface area contributed by atoms with Gasteiger partial charge < -0.3 is 9.47 Å². The van der Waals surface area contributed by atoms with E-state index in [2.05, 4.69) is 0 Å². The van der Waals surface area contributed by atoms with Crippen molar-refractivity contribution < 1.29 is 54.8 Å². The van der Waals surface area contributed by atoms with Gasteiger partial charge >= 0.3 is 20.1 Å². The van der Waals surface area contributed by atoms with Crippen LogP contribution in [0.1, 0.15) is 58.2 Å². The number of imide groups is 1. The molecule has 0 fully saturated rings. The topological polar surface area (TPSA) is 101 Å². The number of hydrogen-bond acceptors (Lipinski definition) is 8. The molecule has 0 aromatic heterocycles. The zero-order chi connectivity index (χ0) is 31.2. The quantitative estimate of drug-likeness (QED) is 0.175. The summed E-state index contributed by atoms with van der Waals surface area (Å²) in [5.74, 6) is -1.76. The van der Waals surface area contributed by atoms with E-state index in [1.807, 2.05) is 0 Å². The zero-order valence-electron chi connectivity index (χ0n) is 23.2. The van der Waals surface area contributed by atoms with Gasteiger partial charge in [-0.2, -0.15) is 13.2 Å². The van der Waals surface area contributed by atoms with Crippen LogP contribution in [0.5, 0.6) is 5.75 Å². The van der Waals surface area contributed by atoms with Crippen molar-refractivity contribution in [1.82, 2.24) is 0 Å². The van der Waals surface area contributed by atoms with Crippen LogP contribution in [0.2, 0.25) is 5.02 Å². The van der Waals surface area contributed by atoms with Crippen LogP contribution in [0.4, 0.5) is 28.0 Å². The Morgan fingerprint density at radius 1 is 0.976 bits per heavy atom. The molecule has 41 heavy (non-hydrogen) atoms. The number of carbonyl (C=O) groups is 2. The summed E-state index contributed by atoms with van der Waals surface area (Å²) in [6.07, 6.45) is -6.51. The number of alkyl halides is 4. The van der Waals surface area contributed by atoms with Crippen molar-refractivity contribution in [3.8, 4) is 5.75 Å². The number of phosphoric acid groups is 1. The molecule has 0 radical (unpaired) electrons. The first-order chi connectivity index (χ1) is 18.6. The van der Waals surface area contributed by atoms with Crippen molar-refractivity contribution in [3.63, 3.8) is 0 Å². The first-order valence-corrected chi connectivity index (χ1v) is 13.9. The fraction of sp³-hybridized carbons (Fsp3) is 0.462. The molecule has 2 aromatic rings. The highest BCUT2D eigenvalue weighted by atomic mass is 35.5. The Bertz CT molecular complexity index is 1370. The molecular formula is C26H29ClF4NO8P. The molecule has 2 amide bonds. The molecular weight excluding hydrogens is 597 g/mol. The summed E-state index contributed by atoms with van der Waals surface area (Å²) < 4.78 is 96.7. The Labute approximate surface area is 239 Å². The van der Waals surface area contributed by atoms with Gasteiger partial charge in [-0.25, -0.2) is 23.2 Å². The molecule has 9 nitrogen and oxygen atoms in total. The van der Waals surface area contributed by atoms with Gasteiger partial charge in [-0.15, -0.1) is 0 Å². The fourth-order valence-electron chi connectivity index (χ4n) is 3.90. The van der Waals surface area contributed by atoms with Crippen molar-refractivity contribution in [1.29, 1.82) is 0 Å². The molecule has 1 unspecified atom stereocenters. The van der Waals surface area contributed by atoms with E-state index in [0.717, 1.165) is 12.1 Å². The van der Waals surface area contributed by atoms with E-state index in [4.69, 9.17) is 34.6 Å². The van der Waals surface area contributed by atoms with Gasteiger partial charge in [-0.1, -0.05) is 17.7 Å². The maximum Gasteiger partial charge on any atom is 0.478 e. The second-order valence-corrected chi connectivity index (χ2v) is 12.8. The number of carbonyl (C=O) groups excluding carboxylic acids is 2. The van der Waals surface area contributed by atoms with E-state index >= 15 is 4.39 Å². The van der Waals surface area contributed by atoms with Gasteiger partial charge in [0.1, 0.15) is 5.75 Å². The Hall–Kier alpha value is -2.70. The predicted octanol–water partition coefficient (Wildman–Crippen LogP) is 7.78. The zero-order valence-corrected chi connectivity index (χ0v) is 24.9. The Morgan fingerprint density at radius 2 is 1.56 bits per heavy atom. The lowest BCUT2D eigenvalue weighted by molar-refractivity contribution is -0.137. The minimum absolute atomic E-state index is 0.0121. The van der Waals surface area contributed by atoms with E-state index < -0.39 is 72.0 Å². The average Bonchev–Trinajstić information content (AvgIpc) is 3.02. The maximum absolute atomic E-state index is 16.8. The van der Waals surface area contributed by atoms with Crippen molar-refractivity contribution in [2.75, 3.05) is 18.8 Å². The number of phosphoric ester groups is 1. The first kappa shape index (κ1) is 32.8. The predicted molar refractivity (Wildman–Crippen MR) is 141 cm³/mol. The van der Waals surface area contributed by atoms with E-state index in [1.165, 1.54) is 19.2 Å². The SMILES string of the molecule is COc1ccc(Cl)cc1C1(F)C(=O)N(C(=O)OCOP(=O)(OC(C)(C)C)OC(C)(C)C)c2cc(C(F)(F)F)ccc21. The third-order valence-corrected chi connectivity index (χ3v) is 7.51. The lowest BCUT2D eigenvalue weighted by atomic mass is 9.88. The molecule has 0 saturated heterocycles. The molecule has 1 aliphatic rings. The number of ether oxygens (including phenoxy) is 2. The van der Waals surface area contributed by atoms with Crippen molar-refractivity contribution in [2.45, 2.75) is 64.6 Å². The van der Waals surface area contributed by atoms with Crippen molar-refractivity contribution in [2.24, 2.45) is 0 Å². The number of benzene rings is 2. The molecule has 0 bridgehead atoms. The molecule has 0 saturated carbocycles. The summed E-state index contributed by atoms with van der Waals surface area (Å²) in [5.41, 5.74) is -8.31. The summed E-state index contributed by atoms with van der Waals surface area (Å²) in [6.45, 7) is 8.23. The first-order valence-electron chi connectivity index (χ1n) is 12.0.